The summed E-state index contributed by atoms with van der Waals surface area (Å²) in [5, 5.41) is 0. The van der Waals surface area contributed by atoms with Gasteiger partial charge in [-0.25, -0.2) is 4.39 Å². The number of benzene rings is 3. The van der Waals surface area contributed by atoms with E-state index in [0.717, 1.165) is 11.1 Å². The summed E-state index contributed by atoms with van der Waals surface area (Å²) < 4.78 is 18.9. The lowest BCUT2D eigenvalue weighted by Gasteiger charge is -2.26. The van der Waals surface area contributed by atoms with Gasteiger partial charge in [-0.2, -0.15) is 0 Å². The van der Waals surface area contributed by atoms with E-state index in [1.165, 1.54) is 12.1 Å². The smallest absolute Gasteiger partial charge is 0.239 e. The minimum atomic E-state index is -0.505. The van der Waals surface area contributed by atoms with Gasteiger partial charge in [0.2, 0.25) is 5.91 Å². The minimum Gasteiger partial charge on any atom is -0.457 e. The van der Waals surface area contributed by atoms with Crippen LogP contribution in [0.3, 0.4) is 0 Å². The van der Waals surface area contributed by atoms with Gasteiger partial charge in [-0.05, 0) is 42.4 Å². The molecule has 0 saturated heterocycles. The van der Waals surface area contributed by atoms with Crippen molar-refractivity contribution in [1.29, 1.82) is 0 Å². The highest BCUT2D eigenvalue weighted by molar-refractivity contribution is 5.81. The molecule has 3 aromatic rings. The van der Waals surface area contributed by atoms with Gasteiger partial charge in [0.15, 0.2) is 0 Å². The highest BCUT2D eigenvalue weighted by Crippen LogP contribution is 2.24. The summed E-state index contributed by atoms with van der Waals surface area (Å²) in [4.78, 5) is 13.8. The van der Waals surface area contributed by atoms with E-state index >= 15 is 0 Å². The quantitative estimate of drug-likeness (QED) is 0.681. The first-order chi connectivity index (χ1) is 13.0. The summed E-state index contributed by atoms with van der Waals surface area (Å²) in [6.07, 6.45) is 0. The van der Waals surface area contributed by atoms with E-state index in [0.29, 0.717) is 18.0 Å². The third-order valence-corrected chi connectivity index (χ3v) is 4.21. The number of hydrogen-bond donors (Lipinski definition) is 1. The Morgan fingerprint density at radius 2 is 1.70 bits per heavy atom. The lowest BCUT2D eigenvalue weighted by Crippen LogP contribution is -2.34. The Morgan fingerprint density at radius 3 is 2.33 bits per heavy atom. The van der Waals surface area contributed by atoms with Crippen LogP contribution >= 0.6 is 0 Å². The van der Waals surface area contributed by atoms with Gasteiger partial charge in [0, 0.05) is 12.6 Å². The largest absolute Gasteiger partial charge is 0.457 e. The number of likely N-dealkylation sites (N-methyl/N-ethyl adjacent to an activating group) is 1. The molecule has 0 aromatic heterocycles. The molecule has 0 spiro atoms. The Bertz CT molecular complexity index is 898. The predicted molar refractivity (Wildman–Crippen MR) is 103 cm³/mol. The first-order valence-electron chi connectivity index (χ1n) is 8.60. The Balaban J connectivity index is 1.69. The highest BCUT2D eigenvalue weighted by Gasteiger charge is 2.22. The SMILES string of the molecule is CN(Cc1ccc(Oc2cccc(F)c2)cc1)C(C(N)=O)c1ccccc1. The van der Waals surface area contributed by atoms with Crippen LogP contribution in [-0.4, -0.2) is 17.9 Å². The lowest BCUT2D eigenvalue weighted by molar-refractivity contribution is -0.123. The molecular weight excluding hydrogens is 343 g/mol. The molecule has 1 amide bonds. The minimum absolute atomic E-state index is 0.343. The molecule has 27 heavy (non-hydrogen) atoms. The van der Waals surface area contributed by atoms with Crippen LogP contribution < -0.4 is 10.5 Å². The molecule has 0 heterocycles. The van der Waals surface area contributed by atoms with Crippen LogP contribution in [0.1, 0.15) is 17.2 Å². The Labute approximate surface area is 158 Å². The van der Waals surface area contributed by atoms with E-state index in [4.69, 9.17) is 10.5 Å². The number of ether oxygens (including phenoxy) is 1. The van der Waals surface area contributed by atoms with E-state index in [1.54, 1.807) is 12.1 Å². The molecule has 0 saturated carbocycles. The lowest BCUT2D eigenvalue weighted by atomic mass is 10.0. The van der Waals surface area contributed by atoms with Gasteiger partial charge in [-0.1, -0.05) is 48.5 Å². The molecule has 1 unspecified atom stereocenters. The van der Waals surface area contributed by atoms with Gasteiger partial charge < -0.3 is 10.5 Å². The molecule has 2 N–H and O–H groups in total. The second-order valence-corrected chi connectivity index (χ2v) is 6.33. The molecule has 0 fully saturated rings. The van der Waals surface area contributed by atoms with E-state index in [9.17, 15) is 9.18 Å². The van der Waals surface area contributed by atoms with Crippen LogP contribution in [0.5, 0.6) is 11.5 Å². The van der Waals surface area contributed by atoms with Gasteiger partial charge in [-0.15, -0.1) is 0 Å². The summed E-state index contributed by atoms with van der Waals surface area (Å²) >= 11 is 0. The fourth-order valence-corrected chi connectivity index (χ4v) is 2.98. The number of carbonyl (C=O) groups is 1. The zero-order valence-electron chi connectivity index (χ0n) is 15.0. The van der Waals surface area contributed by atoms with Gasteiger partial charge in [-0.3, -0.25) is 9.69 Å². The van der Waals surface area contributed by atoms with E-state index in [-0.39, 0.29) is 5.82 Å². The Hall–Kier alpha value is -3.18. The van der Waals surface area contributed by atoms with Crippen molar-refractivity contribution in [3.63, 3.8) is 0 Å². The molecule has 138 valence electrons. The fourth-order valence-electron chi connectivity index (χ4n) is 2.98. The standard InChI is InChI=1S/C22H21FN2O2/c1-25(21(22(24)26)17-6-3-2-4-7-17)15-16-10-12-19(13-11-16)27-20-9-5-8-18(23)14-20/h2-14,21H,15H2,1H3,(H2,24,26). The third kappa shape index (κ3) is 4.92. The molecule has 1 atom stereocenters. The van der Waals surface area contributed by atoms with Crippen LogP contribution in [0.4, 0.5) is 4.39 Å². The van der Waals surface area contributed by atoms with E-state index < -0.39 is 11.9 Å². The van der Waals surface area contributed by atoms with Gasteiger partial charge >= 0.3 is 0 Å². The average Bonchev–Trinajstić information content (AvgIpc) is 2.64. The normalized spacial score (nSPS) is 12.0. The molecule has 0 aliphatic rings. The first-order valence-corrected chi connectivity index (χ1v) is 8.60. The van der Waals surface area contributed by atoms with Gasteiger partial charge in [0.25, 0.3) is 0 Å². The topological polar surface area (TPSA) is 55.6 Å². The molecule has 3 rings (SSSR count). The van der Waals surface area contributed by atoms with Crippen molar-refractivity contribution in [3.8, 4) is 11.5 Å². The monoisotopic (exact) mass is 364 g/mol. The molecular formula is C22H21FN2O2. The van der Waals surface area contributed by atoms with Crippen LogP contribution in [0, 0.1) is 5.82 Å². The van der Waals surface area contributed by atoms with Crippen molar-refractivity contribution >= 4 is 5.91 Å². The van der Waals surface area contributed by atoms with Crippen LogP contribution in [0.25, 0.3) is 0 Å². The zero-order chi connectivity index (χ0) is 19.2. The molecule has 4 nitrogen and oxygen atoms in total. The maximum Gasteiger partial charge on any atom is 0.239 e. The maximum absolute atomic E-state index is 13.2. The number of halogens is 1. The third-order valence-electron chi connectivity index (χ3n) is 4.21. The molecule has 0 radical (unpaired) electrons. The number of nitrogens with two attached hydrogens (primary N) is 1. The predicted octanol–water partition coefficient (Wildman–Crippen LogP) is 4.28. The number of carbonyl (C=O) groups excluding carboxylic acids is 1. The first kappa shape index (κ1) is 18.6. The van der Waals surface area contributed by atoms with Crippen molar-refractivity contribution in [2.45, 2.75) is 12.6 Å². The van der Waals surface area contributed by atoms with Crippen molar-refractivity contribution in [3.05, 3.63) is 95.8 Å². The number of primary amides is 1. The number of amides is 1. The molecule has 3 aromatic carbocycles. The van der Waals surface area contributed by atoms with Gasteiger partial charge in [0.05, 0.1) is 0 Å². The van der Waals surface area contributed by atoms with Gasteiger partial charge in [0.1, 0.15) is 23.4 Å². The van der Waals surface area contributed by atoms with E-state index in [2.05, 4.69) is 0 Å². The summed E-state index contributed by atoms with van der Waals surface area (Å²) in [6.45, 7) is 0.544. The molecule has 0 aliphatic carbocycles. The van der Waals surface area contributed by atoms with Crippen LogP contribution in [-0.2, 0) is 11.3 Å². The second-order valence-electron chi connectivity index (χ2n) is 6.33. The molecule has 5 heteroatoms. The van der Waals surface area contributed by atoms with Crippen molar-refractivity contribution in [1.82, 2.24) is 4.90 Å². The molecule has 0 bridgehead atoms. The number of hydrogen-bond acceptors (Lipinski definition) is 3. The average molecular weight is 364 g/mol. The maximum atomic E-state index is 13.2. The summed E-state index contributed by atoms with van der Waals surface area (Å²) in [7, 11) is 1.86. The van der Waals surface area contributed by atoms with Crippen LogP contribution in [0.2, 0.25) is 0 Å². The highest BCUT2D eigenvalue weighted by atomic mass is 19.1. The van der Waals surface area contributed by atoms with Crippen molar-refractivity contribution in [2.75, 3.05) is 7.05 Å². The Morgan fingerprint density at radius 1 is 1.00 bits per heavy atom. The Kier molecular flexibility index (Phi) is 5.84. The summed E-state index contributed by atoms with van der Waals surface area (Å²) in [6, 6.07) is 22.4. The van der Waals surface area contributed by atoms with Crippen molar-refractivity contribution in [2.24, 2.45) is 5.73 Å². The zero-order valence-corrected chi connectivity index (χ0v) is 15.0. The fraction of sp³-hybridized carbons (Fsp3) is 0.136. The number of rotatable bonds is 7. The number of nitrogens with zero attached hydrogens (tertiary/aromatic N) is 1. The van der Waals surface area contributed by atoms with Crippen molar-refractivity contribution < 1.29 is 13.9 Å². The van der Waals surface area contributed by atoms with E-state index in [1.807, 2.05) is 66.5 Å². The summed E-state index contributed by atoms with van der Waals surface area (Å²) in [5.41, 5.74) is 7.48. The second kappa shape index (κ2) is 8.47. The van der Waals surface area contributed by atoms with Crippen LogP contribution in [0.15, 0.2) is 78.9 Å². The molecule has 0 aliphatic heterocycles. The summed E-state index contributed by atoms with van der Waals surface area (Å²) in [5.74, 6) is 0.318.